The zero-order valence-electron chi connectivity index (χ0n) is 20.9. The van der Waals surface area contributed by atoms with E-state index in [0.717, 1.165) is 62.5 Å². The summed E-state index contributed by atoms with van der Waals surface area (Å²) in [5.74, 6) is 1.13. The van der Waals surface area contributed by atoms with E-state index in [4.69, 9.17) is 14.2 Å². The molecule has 1 saturated carbocycles. The van der Waals surface area contributed by atoms with E-state index in [-0.39, 0.29) is 29.8 Å². The molecule has 2 aliphatic carbocycles. The highest BCUT2D eigenvalue weighted by atomic mass is 16.5. The van der Waals surface area contributed by atoms with Crippen molar-refractivity contribution in [1.29, 1.82) is 0 Å². The van der Waals surface area contributed by atoms with Crippen molar-refractivity contribution in [2.24, 2.45) is 5.92 Å². The topological polar surface area (TPSA) is 65.1 Å². The highest BCUT2D eigenvalue weighted by Gasteiger charge is 2.41. The molecule has 3 aliphatic rings. The van der Waals surface area contributed by atoms with Gasteiger partial charge in [-0.1, -0.05) is 37.5 Å². The van der Waals surface area contributed by atoms with E-state index in [0.29, 0.717) is 24.5 Å². The molecule has 1 saturated heterocycles. The van der Waals surface area contributed by atoms with E-state index in [1.165, 1.54) is 6.42 Å². The molecule has 1 aromatic carbocycles. The van der Waals surface area contributed by atoms with E-state index in [1.54, 1.807) is 14.2 Å². The standard InChI is InChI=1S/C28H39NO5/c1-19-17-21(18-24(32-2)26(19)33-3)25(20-11-5-4-6-12-20)27(30)29-16-10-9-15-23(29)28(31)34-22-13-7-8-14-22/h7-8,17-18,20,22-23,25H,4-6,9-16H2,1-3H3/t23-,25-/m0/s1. The average molecular weight is 470 g/mol. The quantitative estimate of drug-likeness (QED) is 0.399. The molecule has 6 heteroatoms. The number of hydrogen-bond donors (Lipinski definition) is 0. The van der Waals surface area contributed by atoms with Crippen LogP contribution in [0.3, 0.4) is 0 Å². The molecule has 0 spiro atoms. The van der Waals surface area contributed by atoms with Crippen LogP contribution in [0.2, 0.25) is 0 Å². The van der Waals surface area contributed by atoms with Crippen molar-refractivity contribution in [3.8, 4) is 11.5 Å². The van der Waals surface area contributed by atoms with Gasteiger partial charge >= 0.3 is 5.97 Å². The molecule has 0 unspecified atom stereocenters. The van der Waals surface area contributed by atoms with Gasteiger partial charge in [-0.15, -0.1) is 0 Å². The number of carbonyl (C=O) groups is 2. The lowest BCUT2D eigenvalue weighted by Crippen LogP contribution is -2.51. The number of methoxy groups -OCH3 is 2. The van der Waals surface area contributed by atoms with Crippen LogP contribution in [-0.2, 0) is 14.3 Å². The summed E-state index contributed by atoms with van der Waals surface area (Å²) < 4.78 is 17.0. The number of rotatable bonds is 7. The monoisotopic (exact) mass is 469 g/mol. The minimum Gasteiger partial charge on any atom is -0.493 e. The Kier molecular flexibility index (Phi) is 8.17. The Balaban J connectivity index is 1.64. The number of esters is 1. The third-order valence-electron chi connectivity index (χ3n) is 7.74. The Bertz CT molecular complexity index is 896. The maximum atomic E-state index is 14.2. The second kappa shape index (κ2) is 11.3. The van der Waals surface area contributed by atoms with E-state index >= 15 is 0 Å². The van der Waals surface area contributed by atoms with Crippen molar-refractivity contribution in [2.75, 3.05) is 20.8 Å². The van der Waals surface area contributed by atoms with Crippen molar-refractivity contribution < 1.29 is 23.8 Å². The summed E-state index contributed by atoms with van der Waals surface area (Å²) in [5.41, 5.74) is 1.92. The minimum absolute atomic E-state index is 0.0599. The van der Waals surface area contributed by atoms with Crippen LogP contribution >= 0.6 is 0 Å². The summed E-state index contributed by atoms with van der Waals surface area (Å²) in [4.78, 5) is 29.2. The summed E-state index contributed by atoms with van der Waals surface area (Å²) in [6.45, 7) is 2.60. The van der Waals surface area contributed by atoms with Gasteiger partial charge in [0.15, 0.2) is 11.5 Å². The van der Waals surface area contributed by atoms with Crippen molar-refractivity contribution >= 4 is 11.9 Å². The van der Waals surface area contributed by atoms with Crippen molar-refractivity contribution in [2.45, 2.75) is 89.2 Å². The molecule has 1 heterocycles. The molecular weight excluding hydrogens is 430 g/mol. The number of carbonyl (C=O) groups excluding carboxylic acids is 2. The Morgan fingerprint density at radius 3 is 2.32 bits per heavy atom. The van der Waals surface area contributed by atoms with Crippen LogP contribution in [0.1, 0.15) is 81.3 Å². The summed E-state index contributed by atoms with van der Waals surface area (Å²) >= 11 is 0. The lowest BCUT2D eigenvalue weighted by atomic mass is 9.75. The van der Waals surface area contributed by atoms with Gasteiger partial charge in [0.05, 0.1) is 20.1 Å². The molecule has 6 nitrogen and oxygen atoms in total. The Morgan fingerprint density at radius 2 is 1.65 bits per heavy atom. The van der Waals surface area contributed by atoms with Crippen molar-refractivity contribution in [3.63, 3.8) is 0 Å². The fraction of sp³-hybridized carbons (Fsp3) is 0.643. The summed E-state index contributed by atoms with van der Waals surface area (Å²) in [5, 5.41) is 0. The lowest BCUT2D eigenvalue weighted by molar-refractivity contribution is -0.162. The smallest absolute Gasteiger partial charge is 0.329 e. The molecule has 2 fully saturated rings. The fourth-order valence-corrected chi connectivity index (χ4v) is 6.00. The van der Waals surface area contributed by atoms with E-state index in [9.17, 15) is 9.59 Å². The molecule has 1 amide bonds. The van der Waals surface area contributed by atoms with Crippen molar-refractivity contribution in [3.05, 3.63) is 35.4 Å². The molecule has 2 atom stereocenters. The first-order valence-electron chi connectivity index (χ1n) is 12.9. The largest absolute Gasteiger partial charge is 0.493 e. The zero-order chi connectivity index (χ0) is 24.1. The normalized spacial score (nSPS) is 22.4. The van der Waals surface area contributed by atoms with E-state index < -0.39 is 6.04 Å². The van der Waals surface area contributed by atoms with E-state index in [2.05, 4.69) is 18.2 Å². The third-order valence-corrected chi connectivity index (χ3v) is 7.74. The molecule has 0 bridgehead atoms. The molecule has 1 aliphatic heterocycles. The highest BCUT2D eigenvalue weighted by molar-refractivity contribution is 5.89. The number of aryl methyl sites for hydroxylation is 1. The first-order chi connectivity index (χ1) is 16.5. The number of piperidine rings is 1. The minimum atomic E-state index is -0.491. The van der Waals surface area contributed by atoms with Crippen molar-refractivity contribution in [1.82, 2.24) is 4.90 Å². The number of nitrogens with zero attached hydrogens (tertiary/aromatic N) is 1. The first kappa shape index (κ1) is 24.6. The molecule has 1 aromatic rings. The van der Waals surface area contributed by atoms with Gasteiger partial charge in [0.2, 0.25) is 5.91 Å². The summed E-state index contributed by atoms with van der Waals surface area (Å²) in [7, 11) is 3.27. The third kappa shape index (κ3) is 5.26. The lowest BCUT2D eigenvalue weighted by Gasteiger charge is -2.39. The Morgan fingerprint density at radius 1 is 0.941 bits per heavy atom. The van der Waals surface area contributed by atoms with Crippen LogP contribution in [-0.4, -0.2) is 49.7 Å². The molecule has 0 aromatic heterocycles. The maximum Gasteiger partial charge on any atom is 0.329 e. The average Bonchev–Trinajstić information content (AvgIpc) is 3.37. The second-order valence-corrected chi connectivity index (χ2v) is 9.99. The number of benzene rings is 1. The molecule has 34 heavy (non-hydrogen) atoms. The van der Waals surface area contributed by atoms with E-state index in [1.807, 2.05) is 17.9 Å². The van der Waals surface area contributed by atoms with Gasteiger partial charge in [0.1, 0.15) is 12.1 Å². The van der Waals surface area contributed by atoms with Gasteiger partial charge in [0, 0.05) is 19.4 Å². The van der Waals surface area contributed by atoms with Crippen LogP contribution in [0, 0.1) is 12.8 Å². The molecule has 0 N–H and O–H groups in total. The maximum absolute atomic E-state index is 14.2. The first-order valence-corrected chi connectivity index (χ1v) is 12.9. The SMILES string of the molecule is COc1cc([C@@H](C(=O)N2CCCC[C@H]2C(=O)OC2CC=CC2)C2CCCCC2)cc(C)c1OC. The van der Waals surface area contributed by atoms with Crippen LogP contribution in [0.5, 0.6) is 11.5 Å². The Labute approximate surface area is 203 Å². The number of amides is 1. The summed E-state index contributed by atoms with van der Waals surface area (Å²) in [6, 6.07) is 3.54. The fourth-order valence-electron chi connectivity index (χ4n) is 6.00. The highest BCUT2D eigenvalue weighted by Crippen LogP contribution is 2.42. The van der Waals surface area contributed by atoms with Gasteiger partial charge in [0.25, 0.3) is 0 Å². The molecular formula is C28H39NO5. The molecule has 186 valence electrons. The van der Waals surface area contributed by atoms with Gasteiger partial charge in [-0.05, 0) is 62.1 Å². The van der Waals surface area contributed by atoms with Crippen LogP contribution in [0.15, 0.2) is 24.3 Å². The predicted molar refractivity (Wildman–Crippen MR) is 131 cm³/mol. The van der Waals surface area contributed by atoms with Gasteiger partial charge in [-0.25, -0.2) is 4.79 Å². The zero-order valence-corrected chi connectivity index (χ0v) is 20.9. The van der Waals surface area contributed by atoms with Crippen LogP contribution in [0.25, 0.3) is 0 Å². The van der Waals surface area contributed by atoms with Gasteiger partial charge < -0.3 is 19.1 Å². The van der Waals surface area contributed by atoms with Crippen LogP contribution < -0.4 is 9.47 Å². The number of ether oxygens (including phenoxy) is 3. The molecule has 0 radical (unpaired) electrons. The summed E-state index contributed by atoms with van der Waals surface area (Å²) in [6.07, 6.45) is 13.6. The van der Waals surface area contributed by atoms with Crippen LogP contribution in [0.4, 0.5) is 0 Å². The number of likely N-dealkylation sites (tertiary alicyclic amines) is 1. The van der Waals surface area contributed by atoms with Gasteiger partial charge in [-0.3, -0.25) is 4.79 Å². The number of hydrogen-bond acceptors (Lipinski definition) is 5. The molecule has 4 rings (SSSR count). The predicted octanol–water partition coefficient (Wildman–Crippen LogP) is 5.32. The second-order valence-electron chi connectivity index (χ2n) is 9.99. The Hall–Kier alpha value is -2.50. The van der Waals surface area contributed by atoms with Gasteiger partial charge in [-0.2, -0.15) is 0 Å².